The number of fused-ring (bicyclic) bond motifs is 1. The number of nitrogens with two attached hydrogens (primary N) is 1. The Bertz CT molecular complexity index is 457. The zero-order valence-corrected chi connectivity index (χ0v) is 9.38. The molecule has 16 heavy (non-hydrogen) atoms. The highest BCUT2D eigenvalue weighted by atomic mass is 35.5. The van der Waals surface area contributed by atoms with E-state index in [1.54, 1.807) is 6.07 Å². The van der Waals surface area contributed by atoms with Crippen molar-refractivity contribution in [1.82, 2.24) is 0 Å². The number of ether oxygens (including phenoxy) is 2. The molecule has 0 unspecified atom stereocenters. The fourth-order valence-electron chi connectivity index (χ4n) is 1.92. The van der Waals surface area contributed by atoms with Crippen molar-refractivity contribution < 1.29 is 14.6 Å². The van der Waals surface area contributed by atoms with Gasteiger partial charge in [0.25, 0.3) is 0 Å². The number of hydrogen-bond donors (Lipinski definition) is 2. The summed E-state index contributed by atoms with van der Waals surface area (Å²) in [7, 11) is 0. The molecule has 0 atom stereocenters. The number of halogens is 1. The Kier molecular flexibility index (Phi) is 2.00. The number of hydrogen-bond acceptors (Lipinski definition) is 4. The Balaban J connectivity index is 2.07. The zero-order valence-electron chi connectivity index (χ0n) is 8.62. The van der Waals surface area contributed by atoms with E-state index in [1.165, 1.54) is 0 Å². The van der Waals surface area contributed by atoms with Gasteiger partial charge >= 0.3 is 0 Å². The molecular weight excluding hydrogens is 230 g/mol. The molecule has 0 bridgehead atoms. The number of benzene rings is 1. The number of aromatic hydroxyl groups is 1. The standard InChI is InChI=1S/C11H12ClNO3/c12-7-3-8-10(16-5-15-8)6(9(7)14)4-11(13)1-2-11/h3,14H,1-2,4-5,13H2. The minimum Gasteiger partial charge on any atom is -0.506 e. The Morgan fingerprint density at radius 3 is 2.88 bits per heavy atom. The van der Waals surface area contributed by atoms with Crippen LogP contribution in [0.2, 0.25) is 5.02 Å². The maximum absolute atomic E-state index is 9.93. The van der Waals surface area contributed by atoms with Gasteiger partial charge in [0.05, 0.1) is 5.02 Å². The van der Waals surface area contributed by atoms with Gasteiger partial charge in [-0.2, -0.15) is 0 Å². The van der Waals surface area contributed by atoms with Gasteiger partial charge < -0.3 is 20.3 Å². The second-order valence-corrected chi connectivity index (χ2v) is 4.87. The van der Waals surface area contributed by atoms with Crippen molar-refractivity contribution >= 4 is 11.6 Å². The third kappa shape index (κ3) is 1.49. The first-order valence-electron chi connectivity index (χ1n) is 5.18. The van der Waals surface area contributed by atoms with Crippen LogP contribution in [0, 0.1) is 0 Å². The SMILES string of the molecule is NC1(Cc2c(O)c(Cl)cc3c2OCO3)CC1. The van der Waals surface area contributed by atoms with Gasteiger partial charge in [0, 0.05) is 17.2 Å². The molecule has 0 amide bonds. The summed E-state index contributed by atoms with van der Waals surface area (Å²) in [6.07, 6.45) is 2.51. The van der Waals surface area contributed by atoms with Gasteiger partial charge in [-0.15, -0.1) is 0 Å². The third-order valence-corrected chi connectivity index (χ3v) is 3.39. The van der Waals surface area contributed by atoms with Crippen molar-refractivity contribution in [2.24, 2.45) is 5.73 Å². The van der Waals surface area contributed by atoms with E-state index in [4.69, 9.17) is 26.8 Å². The van der Waals surface area contributed by atoms with Crippen LogP contribution in [0.1, 0.15) is 18.4 Å². The molecular formula is C11H12ClNO3. The fourth-order valence-corrected chi connectivity index (χ4v) is 2.13. The lowest BCUT2D eigenvalue weighted by molar-refractivity contribution is 0.173. The molecule has 0 radical (unpaired) electrons. The summed E-state index contributed by atoms with van der Waals surface area (Å²) in [5.74, 6) is 1.23. The lowest BCUT2D eigenvalue weighted by Crippen LogP contribution is -2.24. The molecule has 0 aromatic heterocycles. The molecule has 4 nitrogen and oxygen atoms in total. The first kappa shape index (κ1) is 10.1. The van der Waals surface area contributed by atoms with Crippen LogP contribution in [-0.4, -0.2) is 17.4 Å². The topological polar surface area (TPSA) is 64.7 Å². The second kappa shape index (κ2) is 3.18. The number of phenols is 1. The fraction of sp³-hybridized carbons (Fsp3) is 0.455. The summed E-state index contributed by atoms with van der Waals surface area (Å²) in [4.78, 5) is 0. The molecule has 1 saturated carbocycles. The van der Waals surface area contributed by atoms with Crippen molar-refractivity contribution in [1.29, 1.82) is 0 Å². The first-order valence-corrected chi connectivity index (χ1v) is 5.56. The van der Waals surface area contributed by atoms with E-state index in [0.717, 1.165) is 12.8 Å². The molecule has 0 saturated heterocycles. The molecule has 5 heteroatoms. The molecule has 1 aliphatic carbocycles. The van der Waals surface area contributed by atoms with Gasteiger partial charge in [-0.3, -0.25) is 0 Å². The summed E-state index contributed by atoms with van der Waals surface area (Å²) in [6, 6.07) is 1.57. The monoisotopic (exact) mass is 241 g/mol. The van der Waals surface area contributed by atoms with Crippen LogP contribution in [0.15, 0.2) is 6.07 Å². The Hall–Kier alpha value is -1.13. The molecule has 1 heterocycles. The largest absolute Gasteiger partial charge is 0.506 e. The van der Waals surface area contributed by atoms with Crippen LogP contribution in [0.3, 0.4) is 0 Å². The van der Waals surface area contributed by atoms with Gasteiger partial charge in [-0.1, -0.05) is 11.6 Å². The van der Waals surface area contributed by atoms with E-state index < -0.39 is 0 Å². The minimum absolute atomic E-state index is 0.0580. The molecule has 1 aliphatic heterocycles. The lowest BCUT2D eigenvalue weighted by Gasteiger charge is -2.13. The molecule has 86 valence electrons. The lowest BCUT2D eigenvalue weighted by atomic mass is 10.0. The van der Waals surface area contributed by atoms with Gasteiger partial charge in [0.1, 0.15) is 5.75 Å². The Morgan fingerprint density at radius 1 is 1.44 bits per heavy atom. The highest BCUT2D eigenvalue weighted by molar-refractivity contribution is 6.32. The Labute approximate surface area is 97.9 Å². The molecule has 2 aliphatic rings. The number of phenolic OH excluding ortho intramolecular Hbond substituents is 1. The van der Waals surface area contributed by atoms with Crippen molar-refractivity contribution in [3.05, 3.63) is 16.7 Å². The molecule has 3 N–H and O–H groups in total. The molecule has 1 aromatic carbocycles. The average molecular weight is 242 g/mol. The van der Waals surface area contributed by atoms with Crippen molar-refractivity contribution in [3.63, 3.8) is 0 Å². The van der Waals surface area contributed by atoms with Crippen molar-refractivity contribution in [3.8, 4) is 17.2 Å². The molecule has 0 spiro atoms. The van der Waals surface area contributed by atoms with E-state index in [1.807, 2.05) is 0 Å². The van der Waals surface area contributed by atoms with E-state index in [0.29, 0.717) is 23.5 Å². The third-order valence-electron chi connectivity index (χ3n) is 3.11. The summed E-state index contributed by atoms with van der Waals surface area (Å²) in [5, 5.41) is 10.2. The van der Waals surface area contributed by atoms with Gasteiger partial charge in [-0.25, -0.2) is 0 Å². The quantitative estimate of drug-likeness (QED) is 0.829. The van der Waals surface area contributed by atoms with Crippen LogP contribution in [0.5, 0.6) is 17.2 Å². The summed E-state index contributed by atoms with van der Waals surface area (Å²) >= 11 is 5.92. The van der Waals surface area contributed by atoms with Crippen LogP contribution in [0.4, 0.5) is 0 Å². The molecule has 1 fully saturated rings. The van der Waals surface area contributed by atoms with Gasteiger partial charge in [0.15, 0.2) is 11.5 Å². The average Bonchev–Trinajstić information content (AvgIpc) is 2.77. The normalized spacial score (nSPS) is 19.9. The van der Waals surface area contributed by atoms with Gasteiger partial charge in [-0.05, 0) is 19.3 Å². The predicted octanol–water partition coefficient (Wildman–Crippen LogP) is 1.81. The predicted molar refractivity (Wildman–Crippen MR) is 59.1 cm³/mol. The van der Waals surface area contributed by atoms with Crippen molar-refractivity contribution in [2.75, 3.05) is 6.79 Å². The Morgan fingerprint density at radius 2 is 2.19 bits per heavy atom. The van der Waals surface area contributed by atoms with Crippen LogP contribution >= 0.6 is 11.6 Å². The zero-order chi connectivity index (χ0) is 11.3. The van der Waals surface area contributed by atoms with Crippen molar-refractivity contribution in [2.45, 2.75) is 24.8 Å². The van der Waals surface area contributed by atoms with E-state index in [2.05, 4.69) is 0 Å². The van der Waals surface area contributed by atoms with E-state index >= 15 is 0 Å². The number of rotatable bonds is 2. The highest BCUT2D eigenvalue weighted by Gasteiger charge is 2.40. The van der Waals surface area contributed by atoms with Crippen LogP contribution < -0.4 is 15.2 Å². The summed E-state index contributed by atoms with van der Waals surface area (Å²) < 4.78 is 10.6. The maximum Gasteiger partial charge on any atom is 0.231 e. The maximum atomic E-state index is 9.93. The molecule has 3 rings (SSSR count). The smallest absolute Gasteiger partial charge is 0.231 e. The summed E-state index contributed by atoms with van der Waals surface area (Å²) in [6.45, 7) is 0.166. The first-order chi connectivity index (χ1) is 7.59. The molecule has 1 aromatic rings. The second-order valence-electron chi connectivity index (χ2n) is 4.46. The van der Waals surface area contributed by atoms with Gasteiger partial charge in [0.2, 0.25) is 6.79 Å². The van der Waals surface area contributed by atoms with E-state index in [-0.39, 0.29) is 23.1 Å². The minimum atomic E-state index is -0.206. The van der Waals surface area contributed by atoms with E-state index in [9.17, 15) is 5.11 Å². The van der Waals surface area contributed by atoms with Crippen LogP contribution in [0.25, 0.3) is 0 Å². The highest BCUT2D eigenvalue weighted by Crippen LogP contribution is 2.48. The van der Waals surface area contributed by atoms with Crippen LogP contribution in [-0.2, 0) is 6.42 Å². The summed E-state index contributed by atoms with van der Waals surface area (Å²) in [5.41, 5.74) is 6.50.